The summed E-state index contributed by atoms with van der Waals surface area (Å²) in [6.07, 6.45) is 0. The van der Waals surface area contributed by atoms with E-state index in [2.05, 4.69) is 0 Å². The first kappa shape index (κ1) is 9.82. The lowest BCUT2D eigenvalue weighted by molar-refractivity contribution is -0.127. The third-order valence-corrected chi connectivity index (χ3v) is 3.57. The summed E-state index contributed by atoms with van der Waals surface area (Å²) in [5.41, 5.74) is 1.55. The van der Waals surface area contributed by atoms with Gasteiger partial charge in [0.1, 0.15) is 0 Å². The normalized spacial score (nSPS) is 16.9. The molecule has 0 unspecified atom stereocenters. The molecule has 3 aromatic rings. The van der Waals surface area contributed by atoms with Gasteiger partial charge >= 0.3 is 0 Å². The molecule has 0 saturated heterocycles. The van der Waals surface area contributed by atoms with E-state index in [0.717, 1.165) is 10.8 Å². The summed E-state index contributed by atoms with van der Waals surface area (Å²) in [6.45, 7) is 0. The molecule has 0 spiro atoms. The molecule has 1 aliphatic heterocycles. The monoisotopic (exact) mass is 239 g/mol. The van der Waals surface area contributed by atoms with Crippen LogP contribution in [0.4, 0.5) is 0 Å². The minimum Gasteiger partial charge on any atom is -0.354 e. The Morgan fingerprint density at radius 1 is 0.944 bits per heavy atom. The van der Waals surface area contributed by atoms with Crippen LogP contribution in [-0.2, 0) is 5.79 Å². The van der Waals surface area contributed by atoms with Crippen molar-refractivity contribution >= 4 is 27.7 Å². The van der Waals surface area contributed by atoms with Crippen molar-refractivity contribution in [1.29, 1.82) is 0 Å². The molecule has 18 heavy (non-hydrogen) atoms. The Hall–Kier alpha value is -2.17. The Balaban J connectivity index is 2.37. The number of carbonyl (C=O) groups is 1. The SMILES string of the molecule is O=C1n2c3ccccc3c3cccc(c32)C1(O)O. The minimum absolute atomic E-state index is 0.251. The Kier molecular flexibility index (Phi) is 1.53. The first-order valence-corrected chi connectivity index (χ1v) is 5.64. The number of carbonyl (C=O) groups excluding carboxylic acids is 1. The van der Waals surface area contributed by atoms with E-state index in [0.29, 0.717) is 11.0 Å². The Bertz CT molecular complexity index is 830. The van der Waals surface area contributed by atoms with Crippen molar-refractivity contribution in [3.05, 3.63) is 48.0 Å². The molecule has 0 saturated carbocycles. The summed E-state index contributed by atoms with van der Waals surface area (Å²) >= 11 is 0. The van der Waals surface area contributed by atoms with Crippen LogP contribution in [0.2, 0.25) is 0 Å². The number of fused-ring (bicyclic) bond motifs is 3. The van der Waals surface area contributed by atoms with E-state index in [4.69, 9.17) is 0 Å². The zero-order chi connectivity index (χ0) is 12.5. The standard InChI is InChI=1S/C14H9NO3/c16-13-14(17,18)10-6-3-5-9-8-4-1-2-7-11(8)15(13)12(9)10/h1-7,17-18H. The van der Waals surface area contributed by atoms with E-state index < -0.39 is 11.7 Å². The van der Waals surface area contributed by atoms with Crippen molar-refractivity contribution in [1.82, 2.24) is 4.57 Å². The molecule has 4 rings (SSSR count). The molecule has 0 atom stereocenters. The highest BCUT2D eigenvalue weighted by molar-refractivity contribution is 6.19. The van der Waals surface area contributed by atoms with Gasteiger partial charge in [-0.1, -0.05) is 36.4 Å². The third-order valence-electron chi connectivity index (χ3n) is 3.57. The number of benzene rings is 2. The van der Waals surface area contributed by atoms with Gasteiger partial charge in [0.15, 0.2) is 0 Å². The van der Waals surface area contributed by atoms with E-state index in [1.807, 2.05) is 24.3 Å². The van der Waals surface area contributed by atoms with Gasteiger partial charge in [-0.25, -0.2) is 0 Å². The molecule has 4 heteroatoms. The zero-order valence-corrected chi connectivity index (χ0v) is 9.29. The topological polar surface area (TPSA) is 62.5 Å². The molecule has 0 bridgehead atoms. The fourth-order valence-electron chi connectivity index (χ4n) is 2.78. The fraction of sp³-hybridized carbons (Fsp3) is 0.0714. The quantitative estimate of drug-likeness (QED) is 0.585. The van der Waals surface area contributed by atoms with Crippen molar-refractivity contribution in [2.24, 2.45) is 0 Å². The van der Waals surface area contributed by atoms with Crippen molar-refractivity contribution in [3.8, 4) is 0 Å². The van der Waals surface area contributed by atoms with Crippen LogP contribution in [0, 0.1) is 0 Å². The van der Waals surface area contributed by atoms with Gasteiger partial charge in [-0.3, -0.25) is 9.36 Å². The van der Waals surface area contributed by atoms with Crippen LogP contribution in [0.5, 0.6) is 0 Å². The van der Waals surface area contributed by atoms with E-state index in [1.165, 1.54) is 4.57 Å². The molecule has 4 nitrogen and oxygen atoms in total. The molecule has 2 heterocycles. The Labute approximate surface area is 102 Å². The second kappa shape index (κ2) is 2.80. The van der Waals surface area contributed by atoms with Crippen LogP contribution < -0.4 is 0 Å². The number of aromatic nitrogens is 1. The average Bonchev–Trinajstić information content (AvgIpc) is 2.81. The van der Waals surface area contributed by atoms with Gasteiger partial charge in [-0.15, -0.1) is 0 Å². The van der Waals surface area contributed by atoms with Gasteiger partial charge in [-0.2, -0.15) is 0 Å². The summed E-state index contributed by atoms with van der Waals surface area (Å²) in [7, 11) is 0. The Morgan fingerprint density at radius 2 is 1.67 bits per heavy atom. The second-order valence-electron chi connectivity index (χ2n) is 4.53. The molecule has 88 valence electrons. The molecule has 0 fully saturated rings. The van der Waals surface area contributed by atoms with Gasteiger partial charge in [0.05, 0.1) is 11.0 Å². The lowest BCUT2D eigenvalue weighted by atomic mass is 10.0. The van der Waals surface area contributed by atoms with Crippen molar-refractivity contribution < 1.29 is 15.0 Å². The molecule has 0 amide bonds. The molecule has 0 aliphatic carbocycles. The summed E-state index contributed by atoms with van der Waals surface area (Å²) in [6, 6.07) is 12.6. The van der Waals surface area contributed by atoms with Crippen LogP contribution in [-0.4, -0.2) is 20.7 Å². The summed E-state index contributed by atoms with van der Waals surface area (Å²) in [4.78, 5) is 12.1. The number of hydrogen-bond donors (Lipinski definition) is 2. The maximum Gasteiger partial charge on any atom is 0.296 e. The van der Waals surface area contributed by atoms with Crippen molar-refractivity contribution in [2.75, 3.05) is 0 Å². The van der Waals surface area contributed by atoms with Crippen LogP contribution >= 0.6 is 0 Å². The van der Waals surface area contributed by atoms with Crippen LogP contribution in [0.15, 0.2) is 42.5 Å². The van der Waals surface area contributed by atoms with Gasteiger partial charge in [0, 0.05) is 16.3 Å². The lowest BCUT2D eigenvalue weighted by Crippen LogP contribution is -2.33. The summed E-state index contributed by atoms with van der Waals surface area (Å²) in [5.74, 6) is -3.13. The first-order valence-electron chi connectivity index (χ1n) is 5.64. The van der Waals surface area contributed by atoms with E-state index in [1.54, 1.807) is 18.2 Å². The van der Waals surface area contributed by atoms with Crippen LogP contribution in [0.3, 0.4) is 0 Å². The minimum atomic E-state index is -2.42. The summed E-state index contributed by atoms with van der Waals surface area (Å²) in [5, 5.41) is 21.7. The van der Waals surface area contributed by atoms with Crippen molar-refractivity contribution in [2.45, 2.75) is 5.79 Å². The fourth-order valence-corrected chi connectivity index (χ4v) is 2.78. The maximum atomic E-state index is 12.1. The second-order valence-corrected chi connectivity index (χ2v) is 4.53. The van der Waals surface area contributed by atoms with Gasteiger partial charge in [0.2, 0.25) is 0 Å². The predicted octanol–water partition coefficient (Wildman–Crippen LogP) is 1.59. The van der Waals surface area contributed by atoms with Crippen molar-refractivity contribution in [3.63, 3.8) is 0 Å². The number of aliphatic hydroxyl groups is 2. The average molecular weight is 239 g/mol. The number of hydrogen-bond acceptors (Lipinski definition) is 3. The van der Waals surface area contributed by atoms with E-state index in [-0.39, 0.29) is 5.56 Å². The molecule has 1 aromatic heterocycles. The van der Waals surface area contributed by atoms with Gasteiger partial charge in [-0.05, 0) is 6.07 Å². The predicted molar refractivity (Wildman–Crippen MR) is 66.2 cm³/mol. The number of para-hydroxylation sites is 2. The molecular formula is C14H9NO3. The highest BCUT2D eigenvalue weighted by atomic mass is 16.5. The molecule has 0 radical (unpaired) electrons. The Morgan fingerprint density at radius 3 is 2.50 bits per heavy atom. The summed E-state index contributed by atoms with van der Waals surface area (Å²) < 4.78 is 1.39. The highest BCUT2D eigenvalue weighted by Gasteiger charge is 2.46. The lowest BCUT2D eigenvalue weighted by Gasteiger charge is -2.14. The third kappa shape index (κ3) is 0.881. The maximum absolute atomic E-state index is 12.1. The smallest absolute Gasteiger partial charge is 0.296 e. The number of rotatable bonds is 0. The van der Waals surface area contributed by atoms with Gasteiger partial charge in [0.25, 0.3) is 11.7 Å². The first-order chi connectivity index (χ1) is 8.62. The van der Waals surface area contributed by atoms with Gasteiger partial charge < -0.3 is 10.2 Å². The zero-order valence-electron chi connectivity index (χ0n) is 9.29. The van der Waals surface area contributed by atoms with E-state index >= 15 is 0 Å². The molecule has 2 aromatic carbocycles. The number of nitrogens with zero attached hydrogens (tertiary/aromatic N) is 1. The molecular weight excluding hydrogens is 230 g/mol. The largest absolute Gasteiger partial charge is 0.354 e. The van der Waals surface area contributed by atoms with Crippen LogP contribution in [0.25, 0.3) is 21.8 Å². The van der Waals surface area contributed by atoms with Crippen LogP contribution in [0.1, 0.15) is 10.4 Å². The molecule has 1 aliphatic rings. The molecule has 2 N–H and O–H groups in total. The van der Waals surface area contributed by atoms with E-state index in [9.17, 15) is 15.0 Å². The highest BCUT2D eigenvalue weighted by Crippen LogP contribution is 2.40.